The van der Waals surface area contributed by atoms with Gasteiger partial charge in [-0.05, 0) is 30.2 Å². The number of Topliss-reactive ketones (excluding diaryl/α,β-unsaturated/α-hetero) is 1. The smallest absolute Gasteiger partial charge is 0.329 e. The predicted molar refractivity (Wildman–Crippen MR) is 94.2 cm³/mol. The molecule has 7 heteroatoms. The van der Waals surface area contributed by atoms with E-state index in [-0.39, 0.29) is 24.1 Å². The molecule has 0 saturated carbocycles. The summed E-state index contributed by atoms with van der Waals surface area (Å²) in [5.74, 6) is -1.61. The van der Waals surface area contributed by atoms with Crippen molar-refractivity contribution in [2.75, 3.05) is 6.61 Å². The van der Waals surface area contributed by atoms with Crippen molar-refractivity contribution in [3.63, 3.8) is 0 Å². The molecular formula is C18H18BrNO5. The van der Waals surface area contributed by atoms with E-state index in [0.29, 0.717) is 5.56 Å². The maximum atomic E-state index is 12.3. The monoisotopic (exact) mass is 407 g/mol. The third-order valence-electron chi connectivity index (χ3n) is 3.46. The van der Waals surface area contributed by atoms with Crippen molar-refractivity contribution in [3.8, 4) is 0 Å². The summed E-state index contributed by atoms with van der Waals surface area (Å²) in [6, 6.07) is 8.93. The van der Waals surface area contributed by atoms with Gasteiger partial charge in [-0.1, -0.05) is 41.9 Å². The number of amides is 1. The van der Waals surface area contributed by atoms with E-state index in [1.54, 1.807) is 44.2 Å². The molecule has 0 radical (unpaired) electrons. The van der Waals surface area contributed by atoms with Crippen LogP contribution in [0.5, 0.6) is 0 Å². The third kappa shape index (κ3) is 5.29. The number of ether oxygens (including phenoxy) is 1. The van der Waals surface area contributed by atoms with E-state index in [9.17, 15) is 14.4 Å². The number of benzene rings is 1. The fourth-order valence-electron chi connectivity index (χ4n) is 2.06. The topological polar surface area (TPSA) is 85.6 Å². The lowest BCUT2D eigenvalue weighted by molar-refractivity contribution is -0.145. The Labute approximate surface area is 153 Å². The van der Waals surface area contributed by atoms with Gasteiger partial charge in [0.1, 0.15) is 6.04 Å². The Kier molecular flexibility index (Phi) is 6.52. The van der Waals surface area contributed by atoms with E-state index in [0.717, 1.165) is 4.47 Å². The summed E-state index contributed by atoms with van der Waals surface area (Å²) in [5, 5.41) is 2.56. The maximum absolute atomic E-state index is 12.3. The van der Waals surface area contributed by atoms with Crippen LogP contribution < -0.4 is 5.32 Å². The maximum Gasteiger partial charge on any atom is 0.329 e. The Bertz CT molecular complexity index is 737. The number of hydrogen-bond acceptors (Lipinski definition) is 5. The summed E-state index contributed by atoms with van der Waals surface area (Å²) in [6.45, 7) is 3.15. The van der Waals surface area contributed by atoms with Crippen LogP contribution >= 0.6 is 15.9 Å². The molecule has 2 rings (SSSR count). The highest BCUT2D eigenvalue weighted by atomic mass is 79.9. The van der Waals surface area contributed by atoms with Crippen LogP contribution in [-0.2, 0) is 9.53 Å². The Hall–Kier alpha value is -2.41. The second-order valence-corrected chi connectivity index (χ2v) is 6.63. The zero-order chi connectivity index (χ0) is 18.4. The third-order valence-corrected chi connectivity index (χ3v) is 3.99. The number of furan rings is 1. The van der Waals surface area contributed by atoms with Crippen LogP contribution in [0.3, 0.4) is 0 Å². The highest BCUT2D eigenvalue weighted by Gasteiger charge is 2.27. The van der Waals surface area contributed by atoms with Gasteiger partial charge in [0, 0.05) is 10.0 Å². The fourth-order valence-corrected chi connectivity index (χ4v) is 2.33. The van der Waals surface area contributed by atoms with Crippen molar-refractivity contribution in [1.82, 2.24) is 5.32 Å². The van der Waals surface area contributed by atoms with Gasteiger partial charge in [-0.2, -0.15) is 0 Å². The molecule has 0 aliphatic heterocycles. The molecule has 0 saturated heterocycles. The molecule has 1 N–H and O–H groups in total. The molecule has 0 unspecified atom stereocenters. The lowest BCUT2D eigenvalue weighted by Gasteiger charge is -2.20. The molecular weight excluding hydrogens is 390 g/mol. The van der Waals surface area contributed by atoms with Crippen molar-refractivity contribution in [2.24, 2.45) is 5.92 Å². The van der Waals surface area contributed by atoms with Crippen LogP contribution in [0.1, 0.15) is 34.8 Å². The fraction of sp³-hybridized carbons (Fsp3) is 0.278. The largest absolute Gasteiger partial charge is 0.459 e. The molecule has 1 aromatic heterocycles. The van der Waals surface area contributed by atoms with Crippen LogP contribution in [-0.4, -0.2) is 30.3 Å². The van der Waals surface area contributed by atoms with Crippen LogP contribution in [0.15, 0.2) is 51.6 Å². The average Bonchev–Trinajstić information content (AvgIpc) is 3.12. The van der Waals surface area contributed by atoms with Crippen molar-refractivity contribution >= 4 is 33.6 Å². The zero-order valence-electron chi connectivity index (χ0n) is 13.8. The Morgan fingerprint density at radius 2 is 1.84 bits per heavy atom. The van der Waals surface area contributed by atoms with Crippen molar-refractivity contribution in [1.29, 1.82) is 0 Å². The minimum Gasteiger partial charge on any atom is -0.459 e. The molecule has 2 aromatic rings. The lowest BCUT2D eigenvalue weighted by Crippen LogP contribution is -2.45. The normalized spacial score (nSPS) is 11.8. The molecule has 0 aliphatic rings. The van der Waals surface area contributed by atoms with E-state index < -0.39 is 17.9 Å². The zero-order valence-corrected chi connectivity index (χ0v) is 15.4. The van der Waals surface area contributed by atoms with Crippen molar-refractivity contribution in [3.05, 3.63) is 58.5 Å². The minimum atomic E-state index is -0.879. The molecule has 1 atom stereocenters. The molecule has 25 heavy (non-hydrogen) atoms. The Morgan fingerprint density at radius 3 is 2.40 bits per heavy atom. The van der Waals surface area contributed by atoms with Gasteiger partial charge in [-0.3, -0.25) is 9.59 Å². The minimum absolute atomic E-state index is 0.101. The lowest BCUT2D eigenvalue weighted by atomic mass is 10.0. The average molecular weight is 408 g/mol. The van der Waals surface area contributed by atoms with E-state index in [1.165, 1.54) is 12.3 Å². The van der Waals surface area contributed by atoms with E-state index in [4.69, 9.17) is 9.15 Å². The number of carbonyl (C=O) groups is 3. The van der Waals surface area contributed by atoms with Crippen LogP contribution in [0.2, 0.25) is 0 Å². The second kappa shape index (κ2) is 8.62. The van der Waals surface area contributed by atoms with Crippen LogP contribution in [0, 0.1) is 5.92 Å². The van der Waals surface area contributed by atoms with Gasteiger partial charge in [0.2, 0.25) is 0 Å². The molecule has 132 valence electrons. The first kappa shape index (κ1) is 18.9. The molecule has 0 fully saturated rings. The molecule has 1 aromatic carbocycles. The number of rotatable bonds is 7. The summed E-state index contributed by atoms with van der Waals surface area (Å²) in [5.41, 5.74) is 0.441. The van der Waals surface area contributed by atoms with E-state index >= 15 is 0 Å². The quantitative estimate of drug-likeness (QED) is 0.562. The van der Waals surface area contributed by atoms with Gasteiger partial charge < -0.3 is 14.5 Å². The number of carbonyl (C=O) groups excluding carboxylic acids is 3. The van der Waals surface area contributed by atoms with Gasteiger partial charge in [-0.25, -0.2) is 4.79 Å². The van der Waals surface area contributed by atoms with E-state index in [2.05, 4.69) is 21.2 Å². The number of hydrogen-bond donors (Lipinski definition) is 1. The molecule has 6 nitrogen and oxygen atoms in total. The summed E-state index contributed by atoms with van der Waals surface area (Å²) in [7, 11) is 0. The number of esters is 1. The van der Waals surface area contributed by atoms with Gasteiger partial charge in [0.05, 0.1) is 6.26 Å². The molecule has 0 spiro atoms. The number of nitrogens with one attached hydrogen (secondary N) is 1. The van der Waals surface area contributed by atoms with Gasteiger partial charge in [0.25, 0.3) is 5.91 Å². The van der Waals surface area contributed by atoms with Crippen LogP contribution in [0.25, 0.3) is 0 Å². The van der Waals surface area contributed by atoms with Gasteiger partial charge in [0.15, 0.2) is 18.2 Å². The summed E-state index contributed by atoms with van der Waals surface area (Å²) >= 11 is 3.29. The molecule has 0 bridgehead atoms. The van der Waals surface area contributed by atoms with Crippen LogP contribution in [0.4, 0.5) is 0 Å². The Morgan fingerprint density at radius 1 is 1.16 bits per heavy atom. The Balaban J connectivity index is 1.94. The number of halogens is 1. The first-order chi connectivity index (χ1) is 11.9. The van der Waals surface area contributed by atoms with E-state index in [1.807, 2.05) is 0 Å². The summed E-state index contributed by atoms with van der Waals surface area (Å²) in [4.78, 5) is 36.4. The first-order valence-corrected chi connectivity index (χ1v) is 8.47. The number of ketones is 1. The van der Waals surface area contributed by atoms with Crippen molar-refractivity contribution < 1.29 is 23.5 Å². The highest BCUT2D eigenvalue weighted by Crippen LogP contribution is 2.12. The molecule has 0 aliphatic carbocycles. The second-order valence-electron chi connectivity index (χ2n) is 5.71. The highest BCUT2D eigenvalue weighted by molar-refractivity contribution is 9.10. The van der Waals surface area contributed by atoms with Gasteiger partial charge in [-0.15, -0.1) is 0 Å². The standard InChI is InChI=1S/C18H18BrNO5/c1-11(2)16(20-17(22)15-4-3-9-24-15)18(23)25-10-14(21)12-5-7-13(19)8-6-12/h3-9,11,16H,10H2,1-2H3,(H,20,22)/t16-/m0/s1. The first-order valence-electron chi connectivity index (χ1n) is 7.68. The van der Waals surface area contributed by atoms with Crippen molar-refractivity contribution in [2.45, 2.75) is 19.9 Å². The summed E-state index contributed by atoms with van der Waals surface area (Å²) in [6.07, 6.45) is 1.37. The van der Waals surface area contributed by atoms with Gasteiger partial charge >= 0.3 is 5.97 Å². The SMILES string of the molecule is CC(C)[C@H](NC(=O)c1ccco1)C(=O)OCC(=O)c1ccc(Br)cc1. The molecule has 1 heterocycles. The molecule has 1 amide bonds. The summed E-state index contributed by atoms with van der Waals surface area (Å²) < 4.78 is 10.9. The predicted octanol–water partition coefficient (Wildman–Crippen LogP) is 3.22.